The van der Waals surface area contributed by atoms with E-state index in [1.807, 2.05) is 6.92 Å². The molecule has 0 aliphatic rings. The standard InChI is InChI=1S/C19H16F2N2O3/c1-2-23-17(9-10-22-23)18(24)7-6-14-4-5-15(26-14)12-25-19-8-3-13(20)11-16(19)21/h3-11H,2,12H2,1H3/b7-6+. The number of hydrogen-bond acceptors (Lipinski definition) is 4. The fourth-order valence-electron chi connectivity index (χ4n) is 2.34. The van der Waals surface area contributed by atoms with E-state index in [1.165, 1.54) is 18.2 Å². The summed E-state index contributed by atoms with van der Waals surface area (Å²) in [7, 11) is 0. The van der Waals surface area contributed by atoms with E-state index in [2.05, 4.69) is 5.10 Å². The number of benzene rings is 1. The molecule has 0 saturated heterocycles. The average molecular weight is 358 g/mol. The van der Waals surface area contributed by atoms with E-state index < -0.39 is 11.6 Å². The summed E-state index contributed by atoms with van der Waals surface area (Å²) in [5.41, 5.74) is 0.491. The Morgan fingerprint density at radius 2 is 2.12 bits per heavy atom. The summed E-state index contributed by atoms with van der Waals surface area (Å²) < 4.78 is 38.8. The van der Waals surface area contributed by atoms with E-state index in [9.17, 15) is 13.6 Å². The predicted molar refractivity (Wildman–Crippen MR) is 90.7 cm³/mol. The molecule has 5 nitrogen and oxygen atoms in total. The minimum absolute atomic E-state index is 0.0209. The molecule has 0 N–H and O–H groups in total. The van der Waals surface area contributed by atoms with Crippen LogP contribution in [-0.4, -0.2) is 15.6 Å². The van der Waals surface area contributed by atoms with Crippen LogP contribution in [-0.2, 0) is 13.2 Å². The van der Waals surface area contributed by atoms with Gasteiger partial charge in [-0.25, -0.2) is 8.78 Å². The summed E-state index contributed by atoms with van der Waals surface area (Å²) in [6.07, 6.45) is 4.51. The first-order chi connectivity index (χ1) is 12.6. The highest BCUT2D eigenvalue weighted by Crippen LogP contribution is 2.20. The molecule has 0 amide bonds. The van der Waals surface area contributed by atoms with Crippen molar-refractivity contribution in [3.8, 4) is 5.75 Å². The van der Waals surface area contributed by atoms with Gasteiger partial charge in [0.2, 0.25) is 5.78 Å². The largest absolute Gasteiger partial charge is 0.483 e. The molecule has 0 fully saturated rings. The Balaban J connectivity index is 1.61. The lowest BCUT2D eigenvalue weighted by molar-refractivity contribution is 0.103. The number of aromatic nitrogens is 2. The van der Waals surface area contributed by atoms with Gasteiger partial charge in [-0.05, 0) is 49.4 Å². The van der Waals surface area contributed by atoms with Gasteiger partial charge in [0.15, 0.2) is 11.6 Å². The fourth-order valence-corrected chi connectivity index (χ4v) is 2.34. The molecule has 0 aliphatic heterocycles. The van der Waals surface area contributed by atoms with Gasteiger partial charge in [-0.3, -0.25) is 9.48 Å². The number of aryl methyl sites for hydroxylation is 1. The number of hydrogen-bond donors (Lipinski definition) is 0. The van der Waals surface area contributed by atoms with Crippen LogP contribution in [0.5, 0.6) is 5.75 Å². The summed E-state index contributed by atoms with van der Waals surface area (Å²) in [6.45, 7) is 2.48. The molecular weight excluding hydrogens is 342 g/mol. The van der Waals surface area contributed by atoms with Crippen LogP contribution in [0, 0.1) is 11.6 Å². The molecular formula is C19H16F2N2O3. The topological polar surface area (TPSA) is 57.3 Å². The van der Waals surface area contributed by atoms with Crippen molar-refractivity contribution >= 4 is 11.9 Å². The summed E-state index contributed by atoms with van der Waals surface area (Å²) in [4.78, 5) is 12.2. The normalized spacial score (nSPS) is 11.2. The van der Waals surface area contributed by atoms with Crippen molar-refractivity contribution in [2.75, 3.05) is 0 Å². The molecule has 0 saturated carbocycles. The summed E-state index contributed by atoms with van der Waals surface area (Å²) >= 11 is 0. The third-order valence-corrected chi connectivity index (χ3v) is 3.61. The molecule has 0 bridgehead atoms. The second-order valence-corrected chi connectivity index (χ2v) is 5.40. The van der Waals surface area contributed by atoms with Crippen LogP contribution in [0.3, 0.4) is 0 Å². The Bertz CT molecular complexity index is 944. The third kappa shape index (κ3) is 4.05. The second kappa shape index (κ2) is 7.77. The molecule has 0 radical (unpaired) electrons. The first-order valence-corrected chi connectivity index (χ1v) is 7.97. The Morgan fingerprint density at radius 1 is 1.27 bits per heavy atom. The lowest BCUT2D eigenvalue weighted by Gasteiger charge is -2.05. The van der Waals surface area contributed by atoms with Crippen LogP contribution < -0.4 is 4.74 Å². The number of furan rings is 1. The molecule has 0 atom stereocenters. The lowest BCUT2D eigenvalue weighted by atomic mass is 10.2. The van der Waals surface area contributed by atoms with Crippen LogP contribution in [0.1, 0.15) is 28.9 Å². The smallest absolute Gasteiger partial charge is 0.203 e. The van der Waals surface area contributed by atoms with Gasteiger partial charge in [-0.15, -0.1) is 0 Å². The molecule has 0 unspecified atom stereocenters. The van der Waals surface area contributed by atoms with Gasteiger partial charge in [0.25, 0.3) is 0 Å². The van der Waals surface area contributed by atoms with Gasteiger partial charge in [0.1, 0.15) is 29.6 Å². The Hall–Kier alpha value is -3.22. The van der Waals surface area contributed by atoms with Gasteiger partial charge in [0, 0.05) is 18.8 Å². The van der Waals surface area contributed by atoms with Gasteiger partial charge in [-0.2, -0.15) is 5.10 Å². The molecule has 134 valence electrons. The minimum atomic E-state index is -0.783. The van der Waals surface area contributed by atoms with Crippen LogP contribution in [0.4, 0.5) is 8.78 Å². The quantitative estimate of drug-likeness (QED) is 0.468. The monoisotopic (exact) mass is 358 g/mol. The van der Waals surface area contributed by atoms with Crippen LogP contribution in [0.2, 0.25) is 0 Å². The van der Waals surface area contributed by atoms with Gasteiger partial charge >= 0.3 is 0 Å². The van der Waals surface area contributed by atoms with Crippen LogP contribution >= 0.6 is 0 Å². The van der Waals surface area contributed by atoms with Gasteiger partial charge < -0.3 is 9.15 Å². The van der Waals surface area contributed by atoms with Crippen molar-refractivity contribution in [3.63, 3.8) is 0 Å². The van der Waals surface area contributed by atoms with E-state index in [0.29, 0.717) is 23.8 Å². The van der Waals surface area contributed by atoms with Crippen LogP contribution in [0.25, 0.3) is 6.08 Å². The SMILES string of the molecule is CCn1nccc1C(=O)/C=C/c1ccc(COc2ccc(F)cc2F)o1. The van der Waals surface area contributed by atoms with Crippen molar-refractivity contribution in [1.82, 2.24) is 9.78 Å². The van der Waals surface area contributed by atoms with Crippen molar-refractivity contribution in [2.45, 2.75) is 20.1 Å². The van der Waals surface area contributed by atoms with E-state index in [1.54, 1.807) is 29.1 Å². The van der Waals surface area contributed by atoms with Gasteiger partial charge in [-0.1, -0.05) is 0 Å². The molecule has 3 aromatic rings. The Kier molecular flexibility index (Phi) is 5.26. The summed E-state index contributed by atoms with van der Waals surface area (Å²) in [5.74, 6) is -0.808. The fraction of sp³-hybridized carbons (Fsp3) is 0.158. The molecule has 2 heterocycles. The maximum Gasteiger partial charge on any atom is 0.203 e. The second-order valence-electron chi connectivity index (χ2n) is 5.40. The number of nitrogens with zero attached hydrogens (tertiary/aromatic N) is 2. The molecule has 7 heteroatoms. The van der Waals surface area contributed by atoms with Crippen molar-refractivity contribution in [3.05, 3.63) is 77.5 Å². The molecule has 0 aliphatic carbocycles. The molecule has 0 spiro atoms. The molecule has 26 heavy (non-hydrogen) atoms. The average Bonchev–Trinajstić information content (AvgIpc) is 3.28. The number of carbonyl (C=O) groups is 1. The van der Waals surface area contributed by atoms with Gasteiger partial charge in [0.05, 0.1) is 0 Å². The molecule has 3 rings (SSSR count). The third-order valence-electron chi connectivity index (χ3n) is 3.61. The molecule has 1 aromatic carbocycles. The number of halogens is 2. The Labute approximate surface area is 148 Å². The van der Waals surface area contributed by atoms with Crippen molar-refractivity contribution < 1.29 is 22.7 Å². The zero-order valence-corrected chi connectivity index (χ0v) is 14.0. The van der Waals surface area contributed by atoms with E-state index in [-0.39, 0.29) is 18.1 Å². The van der Waals surface area contributed by atoms with Crippen molar-refractivity contribution in [1.29, 1.82) is 0 Å². The lowest BCUT2D eigenvalue weighted by Crippen LogP contribution is -2.07. The molecule has 2 aromatic heterocycles. The zero-order chi connectivity index (χ0) is 18.5. The van der Waals surface area contributed by atoms with E-state index in [4.69, 9.17) is 9.15 Å². The zero-order valence-electron chi connectivity index (χ0n) is 14.0. The van der Waals surface area contributed by atoms with Crippen molar-refractivity contribution in [2.24, 2.45) is 0 Å². The number of allylic oxidation sites excluding steroid dienone is 1. The first kappa shape index (κ1) is 17.6. The summed E-state index contributed by atoms with van der Waals surface area (Å²) in [5, 5.41) is 4.05. The van der Waals surface area contributed by atoms with E-state index in [0.717, 1.165) is 12.1 Å². The number of ketones is 1. The maximum atomic E-state index is 13.5. The highest BCUT2D eigenvalue weighted by molar-refractivity contribution is 6.05. The van der Waals surface area contributed by atoms with Crippen LogP contribution in [0.15, 0.2) is 53.1 Å². The number of ether oxygens (including phenoxy) is 1. The number of carbonyl (C=O) groups excluding carboxylic acids is 1. The highest BCUT2D eigenvalue weighted by Gasteiger charge is 2.09. The minimum Gasteiger partial charge on any atom is -0.483 e. The summed E-state index contributed by atoms with van der Waals surface area (Å²) in [6, 6.07) is 8.04. The first-order valence-electron chi connectivity index (χ1n) is 7.97. The number of rotatable bonds is 7. The Morgan fingerprint density at radius 3 is 2.88 bits per heavy atom. The highest BCUT2D eigenvalue weighted by atomic mass is 19.1. The maximum absolute atomic E-state index is 13.5. The van der Waals surface area contributed by atoms with E-state index >= 15 is 0 Å². The predicted octanol–water partition coefficient (Wildman–Crippen LogP) is 4.25.